The molecule has 0 atom stereocenters. The first-order valence-electron chi connectivity index (χ1n) is 10.6. The van der Waals surface area contributed by atoms with Crippen LogP contribution >= 0.6 is 0 Å². The largest absolute Gasteiger partial charge is 0.493 e. The number of carboxylic acid groups (broad SMARTS) is 2. The monoisotopic (exact) mass is 491 g/mol. The Bertz CT molecular complexity index is 1000. The van der Waals surface area contributed by atoms with Gasteiger partial charge < -0.3 is 24.4 Å². The summed E-state index contributed by atoms with van der Waals surface area (Å²) in [6.45, 7) is 5.18. The second-order valence-corrected chi connectivity index (χ2v) is 7.62. The van der Waals surface area contributed by atoms with Crippen LogP contribution in [0.15, 0.2) is 36.4 Å². The van der Waals surface area contributed by atoms with Crippen LogP contribution in [-0.4, -0.2) is 84.4 Å². The second kappa shape index (κ2) is 13.1. The van der Waals surface area contributed by atoms with Crippen molar-refractivity contribution in [2.75, 3.05) is 47.5 Å². The number of methoxy groups -OCH3 is 3. The maximum atomic E-state index is 11.0. The number of aliphatic carboxylic acids is 2. The van der Waals surface area contributed by atoms with Crippen molar-refractivity contribution in [3.63, 3.8) is 0 Å². The Labute approximate surface area is 202 Å². The fourth-order valence-electron chi connectivity index (χ4n) is 3.62. The van der Waals surface area contributed by atoms with Crippen molar-refractivity contribution >= 4 is 17.6 Å². The number of carboxylic acids is 2. The number of nitrogens with zero attached hydrogens (tertiary/aromatic N) is 3. The average molecular weight is 491 g/mol. The molecule has 12 nitrogen and oxygen atoms in total. The van der Waals surface area contributed by atoms with Gasteiger partial charge in [0.2, 0.25) is 5.75 Å². The minimum atomic E-state index is -1.82. The molecule has 0 aromatic heterocycles. The summed E-state index contributed by atoms with van der Waals surface area (Å²) < 4.78 is 16.3. The average Bonchev–Trinajstić information content (AvgIpc) is 2.85. The zero-order valence-electron chi connectivity index (χ0n) is 19.8. The van der Waals surface area contributed by atoms with E-state index in [0.717, 1.165) is 50.4 Å². The second-order valence-electron chi connectivity index (χ2n) is 7.62. The summed E-state index contributed by atoms with van der Waals surface area (Å²) in [4.78, 5) is 33.5. The molecule has 0 aliphatic carbocycles. The van der Waals surface area contributed by atoms with Crippen LogP contribution in [0.1, 0.15) is 11.1 Å². The van der Waals surface area contributed by atoms with Gasteiger partial charge in [0.1, 0.15) is 0 Å². The normalized spacial score (nSPS) is 13.8. The van der Waals surface area contributed by atoms with Crippen molar-refractivity contribution in [2.24, 2.45) is 0 Å². The summed E-state index contributed by atoms with van der Waals surface area (Å²) in [5.74, 6) is -1.73. The lowest BCUT2D eigenvalue weighted by molar-refractivity contribution is -0.384. The first kappa shape index (κ1) is 27.3. The zero-order chi connectivity index (χ0) is 26.0. The molecule has 0 spiro atoms. The Kier molecular flexibility index (Phi) is 10.2. The van der Waals surface area contributed by atoms with E-state index in [-0.39, 0.29) is 10.6 Å². The molecule has 0 bridgehead atoms. The van der Waals surface area contributed by atoms with Crippen molar-refractivity contribution in [3.05, 3.63) is 57.6 Å². The molecule has 12 heteroatoms. The van der Waals surface area contributed by atoms with Crippen LogP contribution in [0, 0.1) is 10.1 Å². The van der Waals surface area contributed by atoms with E-state index in [1.165, 1.54) is 6.07 Å². The van der Waals surface area contributed by atoms with Crippen molar-refractivity contribution in [3.8, 4) is 17.2 Å². The van der Waals surface area contributed by atoms with Gasteiger partial charge in [0.05, 0.1) is 26.3 Å². The molecule has 0 saturated carbocycles. The van der Waals surface area contributed by atoms with E-state index in [1.54, 1.807) is 33.5 Å². The van der Waals surface area contributed by atoms with E-state index in [0.29, 0.717) is 17.2 Å². The lowest BCUT2D eigenvalue weighted by Crippen LogP contribution is -2.45. The third-order valence-electron chi connectivity index (χ3n) is 5.31. The van der Waals surface area contributed by atoms with Crippen molar-refractivity contribution < 1.29 is 38.9 Å². The van der Waals surface area contributed by atoms with E-state index in [2.05, 4.69) is 9.80 Å². The number of carbonyl (C=O) groups is 2. The van der Waals surface area contributed by atoms with Crippen LogP contribution in [0.2, 0.25) is 0 Å². The van der Waals surface area contributed by atoms with Crippen molar-refractivity contribution in [1.82, 2.24) is 9.80 Å². The van der Waals surface area contributed by atoms with E-state index >= 15 is 0 Å². The third-order valence-corrected chi connectivity index (χ3v) is 5.31. The highest BCUT2D eigenvalue weighted by Crippen LogP contribution is 2.38. The third kappa shape index (κ3) is 8.12. The highest BCUT2D eigenvalue weighted by molar-refractivity contribution is 6.27. The molecule has 35 heavy (non-hydrogen) atoms. The molecule has 0 amide bonds. The van der Waals surface area contributed by atoms with Gasteiger partial charge in [-0.15, -0.1) is 0 Å². The van der Waals surface area contributed by atoms with Crippen molar-refractivity contribution in [1.29, 1.82) is 0 Å². The molecule has 0 unspecified atom stereocenters. The van der Waals surface area contributed by atoms with Crippen LogP contribution in [0.25, 0.3) is 0 Å². The summed E-state index contributed by atoms with van der Waals surface area (Å²) in [5.41, 5.74) is 2.22. The van der Waals surface area contributed by atoms with Gasteiger partial charge in [-0.2, -0.15) is 0 Å². The highest BCUT2D eigenvalue weighted by atomic mass is 16.6. The Hall–Kier alpha value is -3.90. The molecule has 2 aromatic rings. The topological polar surface area (TPSA) is 152 Å². The van der Waals surface area contributed by atoms with Gasteiger partial charge in [0.15, 0.2) is 11.5 Å². The number of hydrogen-bond donors (Lipinski definition) is 2. The Morgan fingerprint density at radius 3 is 1.74 bits per heavy atom. The molecule has 2 N–H and O–H groups in total. The maximum Gasteiger partial charge on any atom is 0.414 e. The van der Waals surface area contributed by atoms with Gasteiger partial charge >= 0.3 is 11.9 Å². The lowest BCUT2D eigenvalue weighted by Gasteiger charge is -2.34. The number of nitro groups is 1. The molecule has 1 fully saturated rings. The van der Waals surface area contributed by atoms with Crippen molar-refractivity contribution in [2.45, 2.75) is 13.1 Å². The van der Waals surface area contributed by atoms with Crippen LogP contribution in [0.4, 0.5) is 5.69 Å². The summed E-state index contributed by atoms with van der Waals surface area (Å²) in [6.07, 6.45) is 0. The van der Waals surface area contributed by atoms with Crippen LogP contribution < -0.4 is 14.2 Å². The molecule has 1 aliphatic rings. The molecular weight excluding hydrogens is 462 g/mol. The number of benzene rings is 2. The Morgan fingerprint density at radius 2 is 1.34 bits per heavy atom. The zero-order valence-corrected chi connectivity index (χ0v) is 19.8. The van der Waals surface area contributed by atoms with Gasteiger partial charge in [-0.1, -0.05) is 12.1 Å². The fraction of sp³-hybridized carbons (Fsp3) is 0.391. The van der Waals surface area contributed by atoms with Crippen LogP contribution in [0.5, 0.6) is 17.2 Å². The molecule has 190 valence electrons. The summed E-state index contributed by atoms with van der Waals surface area (Å²) in [5, 5.41) is 25.7. The smallest absolute Gasteiger partial charge is 0.414 e. The molecule has 1 heterocycles. The summed E-state index contributed by atoms with van der Waals surface area (Å²) in [6, 6.07) is 10.8. The first-order valence-corrected chi connectivity index (χ1v) is 10.6. The number of non-ortho nitro benzene ring substituents is 1. The van der Waals surface area contributed by atoms with E-state index in [4.69, 9.17) is 34.0 Å². The van der Waals surface area contributed by atoms with Gasteiger partial charge in [-0.05, 0) is 23.3 Å². The number of ether oxygens (including phenoxy) is 3. The lowest BCUT2D eigenvalue weighted by atomic mass is 10.1. The minimum Gasteiger partial charge on any atom is -0.493 e. The molecule has 0 radical (unpaired) electrons. The van der Waals surface area contributed by atoms with Crippen LogP contribution in [0.3, 0.4) is 0 Å². The SMILES string of the molecule is COc1cc(CN2CCN(Cc3cccc([N+](=O)[O-])c3)CC2)cc(OC)c1OC.O=C(O)C(=O)O. The van der Waals surface area contributed by atoms with E-state index < -0.39 is 11.9 Å². The number of nitro benzene ring substituents is 1. The van der Waals surface area contributed by atoms with Crippen LogP contribution in [-0.2, 0) is 22.7 Å². The predicted octanol–water partition coefficient (Wildman–Crippen LogP) is 2.09. The van der Waals surface area contributed by atoms with E-state index in [9.17, 15) is 10.1 Å². The molecule has 1 saturated heterocycles. The standard InChI is InChI=1S/C21H27N3O5.C2H2O4/c1-27-19-12-17(13-20(28-2)21(19)29-3)15-23-9-7-22(8-10-23)14-16-5-4-6-18(11-16)24(25)26;3-1(4)2(5)6/h4-6,11-13H,7-10,14-15H2,1-3H3;(H,3,4)(H,5,6). The number of piperazine rings is 1. The maximum absolute atomic E-state index is 11.0. The summed E-state index contributed by atoms with van der Waals surface area (Å²) in [7, 11) is 4.84. The molecule has 3 rings (SSSR count). The van der Waals surface area contributed by atoms with Gasteiger partial charge in [-0.25, -0.2) is 9.59 Å². The quantitative estimate of drug-likeness (QED) is 0.317. The van der Waals surface area contributed by atoms with Gasteiger partial charge in [-0.3, -0.25) is 19.9 Å². The number of rotatable bonds is 8. The molecule has 1 aliphatic heterocycles. The van der Waals surface area contributed by atoms with Gasteiger partial charge in [0, 0.05) is 51.4 Å². The van der Waals surface area contributed by atoms with E-state index in [1.807, 2.05) is 18.2 Å². The Morgan fingerprint density at radius 1 is 0.857 bits per heavy atom. The highest BCUT2D eigenvalue weighted by Gasteiger charge is 2.20. The number of hydrogen-bond acceptors (Lipinski definition) is 9. The minimum absolute atomic E-state index is 0.142. The first-order chi connectivity index (χ1) is 16.7. The molecular formula is C23H29N3O9. The molecule has 2 aromatic carbocycles. The summed E-state index contributed by atoms with van der Waals surface area (Å²) >= 11 is 0. The fourth-order valence-corrected chi connectivity index (χ4v) is 3.62. The van der Waals surface area contributed by atoms with Gasteiger partial charge in [0.25, 0.3) is 5.69 Å². The predicted molar refractivity (Wildman–Crippen MR) is 125 cm³/mol. The Balaban J connectivity index is 0.000000641.